The van der Waals surface area contributed by atoms with Gasteiger partial charge in [-0.2, -0.15) is 0 Å². The Labute approximate surface area is 120 Å². The maximum Gasteiger partial charge on any atom is 0.0951 e. The van der Waals surface area contributed by atoms with Crippen LogP contribution in [0.5, 0.6) is 0 Å². The Kier molecular flexibility index (Phi) is 3.66. The van der Waals surface area contributed by atoms with Crippen LogP contribution in [0.2, 0.25) is 0 Å². The molecular formula is C16H24N4. The minimum atomic E-state index is 0.457. The van der Waals surface area contributed by atoms with E-state index in [1.54, 1.807) is 0 Å². The number of hydrogen-bond acceptors (Lipinski definition) is 2. The predicted molar refractivity (Wildman–Crippen MR) is 80.7 cm³/mol. The summed E-state index contributed by atoms with van der Waals surface area (Å²) >= 11 is 0. The fourth-order valence-corrected chi connectivity index (χ4v) is 2.95. The molecule has 0 spiro atoms. The summed E-state index contributed by atoms with van der Waals surface area (Å²) in [6.07, 6.45) is 11.1. The molecule has 20 heavy (non-hydrogen) atoms. The Hall–Kier alpha value is -1.55. The highest BCUT2D eigenvalue weighted by Crippen LogP contribution is 2.40. The maximum absolute atomic E-state index is 4.27. The second-order valence-corrected chi connectivity index (χ2v) is 6.11. The summed E-state index contributed by atoms with van der Waals surface area (Å²) in [4.78, 5) is 4.27. The topological polar surface area (TPSA) is 34.8 Å². The van der Waals surface area contributed by atoms with E-state index < -0.39 is 0 Å². The van der Waals surface area contributed by atoms with Gasteiger partial charge < -0.3 is 14.5 Å². The smallest absolute Gasteiger partial charge is 0.0951 e. The number of imidazole rings is 1. The molecule has 0 radical (unpaired) electrons. The van der Waals surface area contributed by atoms with Crippen molar-refractivity contribution in [2.45, 2.75) is 45.3 Å². The van der Waals surface area contributed by atoms with Crippen molar-refractivity contribution in [2.75, 3.05) is 7.05 Å². The zero-order valence-electron chi connectivity index (χ0n) is 12.6. The quantitative estimate of drug-likeness (QED) is 0.877. The molecule has 1 N–H and O–H groups in total. The van der Waals surface area contributed by atoms with Gasteiger partial charge >= 0.3 is 0 Å². The fourth-order valence-electron chi connectivity index (χ4n) is 2.95. The lowest BCUT2D eigenvalue weighted by atomic mass is 10.1. The molecule has 4 nitrogen and oxygen atoms in total. The van der Waals surface area contributed by atoms with E-state index in [0.717, 1.165) is 12.5 Å². The van der Waals surface area contributed by atoms with Gasteiger partial charge in [-0.05, 0) is 51.3 Å². The second-order valence-electron chi connectivity index (χ2n) is 6.11. The summed E-state index contributed by atoms with van der Waals surface area (Å²) in [5.41, 5.74) is 2.67. The van der Waals surface area contributed by atoms with Crippen molar-refractivity contribution in [3.63, 3.8) is 0 Å². The summed E-state index contributed by atoms with van der Waals surface area (Å²) < 4.78 is 4.49. The highest BCUT2D eigenvalue weighted by molar-refractivity contribution is 5.19. The first-order valence-corrected chi connectivity index (χ1v) is 7.52. The third-order valence-corrected chi connectivity index (χ3v) is 4.18. The van der Waals surface area contributed by atoms with E-state index >= 15 is 0 Å². The molecule has 1 saturated carbocycles. The molecule has 0 aromatic carbocycles. The third-order valence-electron chi connectivity index (χ3n) is 4.18. The van der Waals surface area contributed by atoms with E-state index in [1.807, 2.05) is 12.5 Å². The van der Waals surface area contributed by atoms with Crippen LogP contribution in [-0.2, 0) is 6.54 Å². The van der Waals surface area contributed by atoms with Crippen LogP contribution in [-0.4, -0.2) is 21.2 Å². The van der Waals surface area contributed by atoms with Crippen molar-refractivity contribution in [3.8, 4) is 0 Å². The lowest BCUT2D eigenvalue weighted by molar-refractivity contribution is 0.526. The van der Waals surface area contributed by atoms with Gasteiger partial charge in [0.05, 0.1) is 18.6 Å². The van der Waals surface area contributed by atoms with Crippen LogP contribution in [0.3, 0.4) is 0 Å². The molecule has 108 valence electrons. The molecule has 0 aliphatic heterocycles. The SMILES string of the molecule is CNC(c1ccn(Cc2cncn2C(C)C)c1)C1CC1. The summed E-state index contributed by atoms with van der Waals surface area (Å²) in [7, 11) is 2.06. The summed E-state index contributed by atoms with van der Waals surface area (Å²) in [6, 6.07) is 3.22. The Morgan fingerprint density at radius 3 is 2.85 bits per heavy atom. The number of nitrogens with zero attached hydrogens (tertiary/aromatic N) is 3. The van der Waals surface area contributed by atoms with E-state index in [0.29, 0.717) is 12.1 Å². The molecule has 1 aliphatic carbocycles. The third kappa shape index (κ3) is 2.66. The average Bonchev–Trinajstić information content (AvgIpc) is 2.97. The number of nitrogens with one attached hydrogen (secondary N) is 1. The lowest BCUT2D eigenvalue weighted by Gasteiger charge is -2.14. The van der Waals surface area contributed by atoms with Crippen molar-refractivity contribution in [2.24, 2.45) is 5.92 Å². The van der Waals surface area contributed by atoms with Crippen LogP contribution in [0.25, 0.3) is 0 Å². The molecule has 3 rings (SSSR count). The largest absolute Gasteiger partial charge is 0.348 e. The minimum absolute atomic E-state index is 0.457. The summed E-state index contributed by atoms with van der Waals surface area (Å²) in [6.45, 7) is 5.27. The normalized spacial score (nSPS) is 16.8. The second kappa shape index (κ2) is 5.44. The van der Waals surface area contributed by atoms with Crippen molar-refractivity contribution < 1.29 is 0 Å². The molecule has 2 heterocycles. The van der Waals surface area contributed by atoms with Gasteiger partial charge in [-0.3, -0.25) is 0 Å². The van der Waals surface area contributed by atoms with Crippen LogP contribution in [0.4, 0.5) is 0 Å². The summed E-state index contributed by atoms with van der Waals surface area (Å²) in [5, 5.41) is 3.45. The van der Waals surface area contributed by atoms with Gasteiger partial charge in [-0.1, -0.05) is 0 Å². The van der Waals surface area contributed by atoms with E-state index in [-0.39, 0.29) is 0 Å². The van der Waals surface area contributed by atoms with E-state index in [4.69, 9.17) is 0 Å². The predicted octanol–water partition coefficient (Wildman–Crippen LogP) is 2.98. The highest BCUT2D eigenvalue weighted by Gasteiger charge is 2.31. The van der Waals surface area contributed by atoms with Gasteiger partial charge in [-0.25, -0.2) is 4.98 Å². The Balaban J connectivity index is 1.75. The van der Waals surface area contributed by atoms with Crippen molar-refractivity contribution >= 4 is 0 Å². The average molecular weight is 272 g/mol. The zero-order valence-corrected chi connectivity index (χ0v) is 12.6. The van der Waals surface area contributed by atoms with Crippen LogP contribution in [0, 0.1) is 5.92 Å². The first-order valence-electron chi connectivity index (χ1n) is 7.52. The van der Waals surface area contributed by atoms with Crippen LogP contribution in [0.15, 0.2) is 31.0 Å². The minimum Gasteiger partial charge on any atom is -0.348 e. The van der Waals surface area contributed by atoms with Crippen LogP contribution in [0.1, 0.15) is 50.0 Å². The van der Waals surface area contributed by atoms with Gasteiger partial charge in [0, 0.05) is 30.7 Å². The van der Waals surface area contributed by atoms with Gasteiger partial charge in [0.2, 0.25) is 0 Å². The molecule has 1 aliphatic rings. The van der Waals surface area contributed by atoms with Crippen LogP contribution < -0.4 is 5.32 Å². The molecule has 0 bridgehead atoms. The highest BCUT2D eigenvalue weighted by atomic mass is 15.1. The zero-order chi connectivity index (χ0) is 14.1. The first-order chi connectivity index (χ1) is 9.69. The van der Waals surface area contributed by atoms with E-state index in [9.17, 15) is 0 Å². The molecule has 0 saturated heterocycles. The molecule has 1 unspecified atom stereocenters. The molecule has 1 fully saturated rings. The van der Waals surface area contributed by atoms with Crippen molar-refractivity contribution in [3.05, 3.63) is 42.2 Å². The van der Waals surface area contributed by atoms with Crippen molar-refractivity contribution in [1.29, 1.82) is 0 Å². The Morgan fingerprint density at radius 2 is 2.20 bits per heavy atom. The Morgan fingerprint density at radius 1 is 1.40 bits per heavy atom. The molecule has 1 atom stereocenters. The monoisotopic (exact) mass is 272 g/mol. The maximum atomic E-state index is 4.27. The standard InChI is InChI=1S/C16H24N4/c1-12(2)20-11-18-8-15(20)10-19-7-6-14(9-19)16(17-3)13-4-5-13/h6-9,11-13,16-17H,4-5,10H2,1-3H3. The van der Waals surface area contributed by atoms with Gasteiger partial charge in [0.25, 0.3) is 0 Å². The van der Waals surface area contributed by atoms with E-state index in [1.165, 1.54) is 24.1 Å². The van der Waals surface area contributed by atoms with Crippen molar-refractivity contribution in [1.82, 2.24) is 19.4 Å². The Bertz CT molecular complexity index is 563. The van der Waals surface area contributed by atoms with Crippen LogP contribution >= 0.6 is 0 Å². The molecule has 4 heteroatoms. The number of rotatable bonds is 6. The molecule has 2 aromatic heterocycles. The molecular weight excluding hydrogens is 248 g/mol. The van der Waals surface area contributed by atoms with E-state index in [2.05, 4.69) is 58.8 Å². The number of hydrogen-bond donors (Lipinski definition) is 1. The van der Waals surface area contributed by atoms with Gasteiger partial charge in [0.1, 0.15) is 0 Å². The number of aromatic nitrogens is 3. The lowest BCUT2D eigenvalue weighted by Crippen LogP contribution is -2.17. The van der Waals surface area contributed by atoms with Gasteiger partial charge in [0.15, 0.2) is 0 Å². The molecule has 2 aromatic rings. The fraction of sp³-hybridized carbons (Fsp3) is 0.562. The molecule has 0 amide bonds. The first kappa shape index (κ1) is 13.4. The summed E-state index contributed by atoms with van der Waals surface area (Å²) in [5.74, 6) is 0.831. The van der Waals surface area contributed by atoms with Gasteiger partial charge in [-0.15, -0.1) is 0 Å².